The summed E-state index contributed by atoms with van der Waals surface area (Å²) < 4.78 is 45.7. The second-order valence-corrected chi connectivity index (χ2v) is 11.4. The van der Waals surface area contributed by atoms with Crippen molar-refractivity contribution in [2.45, 2.75) is 36.0 Å². The van der Waals surface area contributed by atoms with Crippen molar-refractivity contribution in [2.75, 3.05) is 51.8 Å². The summed E-state index contributed by atoms with van der Waals surface area (Å²) in [5.74, 6) is -0.616. The third kappa shape index (κ3) is 4.96. The van der Waals surface area contributed by atoms with E-state index in [-0.39, 0.29) is 22.0 Å². The summed E-state index contributed by atoms with van der Waals surface area (Å²) in [6.45, 7) is 3.13. The third-order valence-electron chi connectivity index (χ3n) is 6.93. The van der Waals surface area contributed by atoms with Crippen molar-refractivity contribution in [3.05, 3.63) is 59.4 Å². The lowest BCUT2D eigenvalue weighted by Crippen LogP contribution is -2.44. The smallest absolute Gasteiger partial charge is 0.253 e. The number of anilines is 1. The van der Waals surface area contributed by atoms with Crippen LogP contribution >= 0.6 is 0 Å². The minimum Gasteiger partial charge on any atom is -0.381 e. The first-order chi connectivity index (χ1) is 16.2. The van der Waals surface area contributed by atoms with Crippen LogP contribution in [0.4, 0.5) is 10.1 Å². The van der Waals surface area contributed by atoms with Crippen LogP contribution in [0.2, 0.25) is 0 Å². The lowest BCUT2D eigenvalue weighted by Gasteiger charge is -2.38. The Morgan fingerprint density at radius 3 is 2.35 bits per heavy atom. The van der Waals surface area contributed by atoms with Gasteiger partial charge in [-0.15, -0.1) is 0 Å². The highest BCUT2D eigenvalue weighted by Crippen LogP contribution is 2.35. The number of hydrogen-bond acceptors (Lipinski definition) is 5. The Balaban J connectivity index is 1.64. The SMILES string of the molecule is CN(C)S(=O)(=O)c1ccc(N2CCCC2)c(C(=O)NCC2(c3ccc(F)cc3)CCOCC2)c1. The molecule has 0 aromatic heterocycles. The Bertz CT molecular complexity index is 1120. The monoisotopic (exact) mass is 489 g/mol. The quantitative estimate of drug-likeness (QED) is 0.647. The van der Waals surface area contributed by atoms with E-state index in [9.17, 15) is 17.6 Å². The molecule has 2 saturated heterocycles. The molecule has 184 valence electrons. The van der Waals surface area contributed by atoms with E-state index in [4.69, 9.17) is 4.74 Å². The lowest BCUT2D eigenvalue weighted by molar-refractivity contribution is 0.0487. The van der Waals surface area contributed by atoms with Gasteiger partial charge in [-0.3, -0.25) is 4.79 Å². The maximum atomic E-state index is 13.5. The number of hydrogen-bond donors (Lipinski definition) is 1. The number of benzene rings is 2. The minimum absolute atomic E-state index is 0.0879. The van der Waals surface area contributed by atoms with Crippen LogP contribution in [-0.2, 0) is 20.2 Å². The van der Waals surface area contributed by atoms with Gasteiger partial charge in [-0.1, -0.05) is 12.1 Å². The number of sulfonamides is 1. The number of halogens is 1. The molecule has 0 bridgehead atoms. The zero-order valence-corrected chi connectivity index (χ0v) is 20.5. The average Bonchev–Trinajstić information content (AvgIpc) is 3.38. The van der Waals surface area contributed by atoms with Crippen molar-refractivity contribution in [2.24, 2.45) is 0 Å². The zero-order valence-electron chi connectivity index (χ0n) is 19.7. The van der Waals surface area contributed by atoms with Crippen LogP contribution in [-0.4, -0.2) is 65.6 Å². The van der Waals surface area contributed by atoms with Gasteiger partial charge in [0.05, 0.1) is 10.5 Å². The van der Waals surface area contributed by atoms with Crippen molar-refractivity contribution in [1.82, 2.24) is 9.62 Å². The van der Waals surface area contributed by atoms with Gasteiger partial charge in [-0.05, 0) is 61.6 Å². The van der Waals surface area contributed by atoms with E-state index in [1.54, 1.807) is 24.3 Å². The Hall–Kier alpha value is -2.49. The molecule has 4 rings (SSSR count). The highest BCUT2D eigenvalue weighted by atomic mass is 32.2. The molecular weight excluding hydrogens is 457 g/mol. The van der Waals surface area contributed by atoms with Gasteiger partial charge >= 0.3 is 0 Å². The predicted octanol–water partition coefficient (Wildman–Crippen LogP) is 3.15. The van der Waals surface area contributed by atoms with E-state index in [1.165, 1.54) is 32.3 Å². The molecule has 7 nitrogen and oxygen atoms in total. The molecule has 2 heterocycles. The largest absolute Gasteiger partial charge is 0.381 e. The molecule has 0 unspecified atom stereocenters. The number of rotatable bonds is 7. The predicted molar refractivity (Wildman–Crippen MR) is 129 cm³/mol. The molecule has 1 amide bonds. The average molecular weight is 490 g/mol. The topological polar surface area (TPSA) is 79.0 Å². The number of amides is 1. The van der Waals surface area contributed by atoms with Gasteiger partial charge in [-0.25, -0.2) is 17.1 Å². The van der Waals surface area contributed by atoms with E-state index < -0.39 is 10.0 Å². The van der Waals surface area contributed by atoms with Crippen LogP contribution in [0.1, 0.15) is 41.6 Å². The molecule has 0 atom stereocenters. The zero-order chi connectivity index (χ0) is 24.3. The molecular formula is C25H32FN3O4S. The number of carbonyl (C=O) groups excluding carboxylic acids is 1. The Morgan fingerprint density at radius 2 is 1.74 bits per heavy atom. The van der Waals surface area contributed by atoms with Crippen molar-refractivity contribution in [3.8, 4) is 0 Å². The van der Waals surface area contributed by atoms with Gasteiger partial charge < -0.3 is 15.0 Å². The fraction of sp³-hybridized carbons (Fsp3) is 0.480. The Labute approximate surface area is 200 Å². The fourth-order valence-corrected chi connectivity index (χ4v) is 5.71. The Morgan fingerprint density at radius 1 is 1.09 bits per heavy atom. The fourth-order valence-electron chi connectivity index (χ4n) is 4.78. The second kappa shape index (κ2) is 10.0. The molecule has 0 aliphatic carbocycles. The molecule has 34 heavy (non-hydrogen) atoms. The molecule has 2 aromatic carbocycles. The molecule has 2 aromatic rings. The number of ether oxygens (including phenoxy) is 1. The number of carbonyl (C=O) groups is 1. The van der Waals surface area contributed by atoms with Crippen LogP contribution in [0.25, 0.3) is 0 Å². The van der Waals surface area contributed by atoms with Crippen LogP contribution in [0.5, 0.6) is 0 Å². The normalized spacial score (nSPS) is 18.3. The van der Waals surface area contributed by atoms with Gasteiger partial charge in [0.25, 0.3) is 5.91 Å². The van der Waals surface area contributed by atoms with Crippen LogP contribution in [0, 0.1) is 5.82 Å². The molecule has 9 heteroatoms. The minimum atomic E-state index is -3.68. The van der Waals surface area contributed by atoms with Gasteiger partial charge in [-0.2, -0.15) is 0 Å². The van der Waals surface area contributed by atoms with Crippen LogP contribution < -0.4 is 10.2 Å². The van der Waals surface area contributed by atoms with Crippen molar-refractivity contribution < 1.29 is 22.3 Å². The van der Waals surface area contributed by atoms with E-state index in [1.807, 2.05) is 0 Å². The first kappa shape index (κ1) is 24.6. The summed E-state index contributed by atoms with van der Waals surface area (Å²) in [5.41, 5.74) is 1.69. The first-order valence-electron chi connectivity index (χ1n) is 11.7. The molecule has 2 fully saturated rings. The van der Waals surface area contributed by atoms with E-state index in [2.05, 4.69) is 10.2 Å². The van der Waals surface area contributed by atoms with E-state index in [0.717, 1.165) is 41.5 Å². The highest BCUT2D eigenvalue weighted by Gasteiger charge is 2.35. The van der Waals surface area contributed by atoms with Crippen molar-refractivity contribution >= 4 is 21.6 Å². The summed E-state index contributed by atoms with van der Waals surface area (Å²) in [4.78, 5) is 15.7. The molecule has 0 spiro atoms. The summed E-state index contributed by atoms with van der Waals surface area (Å²) in [5, 5.41) is 3.07. The van der Waals surface area contributed by atoms with Gasteiger partial charge in [0.15, 0.2) is 0 Å². The first-order valence-corrected chi connectivity index (χ1v) is 13.1. The molecule has 1 N–H and O–H groups in total. The second-order valence-electron chi connectivity index (χ2n) is 9.24. The summed E-state index contributed by atoms with van der Waals surface area (Å²) in [7, 11) is -0.738. The van der Waals surface area contributed by atoms with Crippen molar-refractivity contribution in [3.63, 3.8) is 0 Å². The molecule has 2 aliphatic heterocycles. The van der Waals surface area contributed by atoms with Gasteiger partial charge in [0.1, 0.15) is 5.82 Å². The van der Waals surface area contributed by atoms with Crippen LogP contribution in [0.3, 0.4) is 0 Å². The highest BCUT2D eigenvalue weighted by molar-refractivity contribution is 7.89. The number of nitrogens with zero attached hydrogens (tertiary/aromatic N) is 2. The maximum absolute atomic E-state index is 13.5. The number of nitrogens with one attached hydrogen (secondary N) is 1. The maximum Gasteiger partial charge on any atom is 0.253 e. The summed E-state index contributed by atoms with van der Waals surface area (Å²) in [6.07, 6.45) is 3.47. The van der Waals surface area contributed by atoms with Crippen molar-refractivity contribution in [1.29, 1.82) is 0 Å². The molecule has 0 saturated carbocycles. The third-order valence-corrected chi connectivity index (χ3v) is 8.74. The summed E-state index contributed by atoms with van der Waals surface area (Å²) in [6, 6.07) is 11.2. The lowest BCUT2D eigenvalue weighted by atomic mass is 9.74. The Kier molecular flexibility index (Phi) is 7.25. The van der Waals surface area contributed by atoms with E-state index >= 15 is 0 Å². The van der Waals surface area contributed by atoms with Crippen LogP contribution in [0.15, 0.2) is 47.4 Å². The van der Waals surface area contributed by atoms with Gasteiger partial charge in [0, 0.05) is 58.0 Å². The van der Waals surface area contributed by atoms with E-state index in [0.29, 0.717) is 38.2 Å². The van der Waals surface area contributed by atoms with Gasteiger partial charge in [0.2, 0.25) is 10.0 Å². The molecule has 2 aliphatic rings. The molecule has 0 radical (unpaired) electrons. The standard InChI is InChI=1S/C25H32FN3O4S/c1-28(2)34(31,32)21-9-10-23(29-13-3-4-14-29)22(17-21)24(30)27-18-25(11-15-33-16-12-25)19-5-7-20(26)8-6-19/h5-10,17H,3-4,11-16,18H2,1-2H3,(H,27,30). The summed E-state index contributed by atoms with van der Waals surface area (Å²) >= 11 is 0.